The van der Waals surface area contributed by atoms with Gasteiger partial charge in [0, 0.05) is 10.9 Å². The van der Waals surface area contributed by atoms with E-state index in [-0.39, 0.29) is 0 Å². The average Bonchev–Trinajstić information content (AvgIpc) is 2.72. The number of rotatable bonds is 1. The fourth-order valence-corrected chi connectivity index (χ4v) is 1.81. The Bertz CT molecular complexity index is 666. The molecule has 0 unspecified atom stereocenters. The van der Waals surface area contributed by atoms with Crippen LogP contribution in [-0.2, 0) is 0 Å². The Morgan fingerprint density at radius 3 is 2.88 bits per heavy atom. The van der Waals surface area contributed by atoms with Gasteiger partial charge in [-0.1, -0.05) is 30.4 Å². The molecule has 0 radical (unpaired) electrons. The van der Waals surface area contributed by atoms with Crippen molar-refractivity contribution in [1.29, 1.82) is 0 Å². The van der Waals surface area contributed by atoms with Crippen LogP contribution in [0.2, 0.25) is 0 Å². The highest BCUT2D eigenvalue weighted by Crippen LogP contribution is 2.26. The van der Waals surface area contributed by atoms with Crippen LogP contribution in [0.5, 0.6) is 0 Å². The summed E-state index contributed by atoms with van der Waals surface area (Å²) in [5.74, 6) is 0.786. The van der Waals surface area contributed by atoms with Crippen LogP contribution in [0.4, 0.5) is 0 Å². The number of hydrogen-bond donors (Lipinski definition) is 1. The number of furan rings is 1. The predicted octanol–water partition coefficient (Wildman–Crippen LogP) is 3.55. The molecule has 16 heavy (non-hydrogen) atoms. The van der Waals surface area contributed by atoms with E-state index in [0.717, 1.165) is 22.3 Å². The smallest absolute Gasteiger partial charge is 0.137 e. The average molecular weight is 228 g/mol. The Hall–Kier alpha value is -1.94. The van der Waals surface area contributed by atoms with Crippen LogP contribution < -0.4 is 0 Å². The van der Waals surface area contributed by atoms with Crippen molar-refractivity contribution in [2.24, 2.45) is 0 Å². The molecule has 3 rings (SSSR count). The number of hydrogen-bond acceptors (Lipinski definition) is 3. The van der Waals surface area contributed by atoms with Crippen molar-refractivity contribution in [3.05, 3.63) is 47.2 Å². The molecule has 3 aromatic rings. The van der Waals surface area contributed by atoms with Gasteiger partial charge in [-0.2, -0.15) is 5.10 Å². The minimum atomic E-state index is 0.595. The molecule has 78 valence electrons. The van der Waals surface area contributed by atoms with E-state index in [9.17, 15) is 0 Å². The fraction of sp³-hybridized carbons (Fsp3) is 0. The normalized spacial score (nSPS) is 10.8. The molecule has 0 bridgehead atoms. The lowest BCUT2D eigenvalue weighted by Crippen LogP contribution is -1.81. The molecule has 0 aliphatic rings. The van der Waals surface area contributed by atoms with E-state index in [1.807, 2.05) is 36.4 Å². The van der Waals surface area contributed by atoms with Crippen molar-refractivity contribution in [3.8, 4) is 11.3 Å². The van der Waals surface area contributed by atoms with Gasteiger partial charge in [-0.25, -0.2) is 0 Å². The Labute approximate surface area is 96.7 Å². The summed E-state index contributed by atoms with van der Waals surface area (Å²) in [5.41, 5.74) is 1.76. The lowest BCUT2D eigenvalue weighted by atomic mass is 10.2. The van der Waals surface area contributed by atoms with Crippen LogP contribution in [0, 0.1) is 4.64 Å². The van der Waals surface area contributed by atoms with Gasteiger partial charge in [0.1, 0.15) is 16.0 Å². The SMILES string of the molecule is S=c1cc(-c2cc3ccccc3o2)cn[nH]1. The fourth-order valence-electron chi connectivity index (χ4n) is 1.64. The second-order valence-corrected chi connectivity index (χ2v) is 3.92. The number of para-hydroxylation sites is 1. The summed E-state index contributed by atoms with van der Waals surface area (Å²) in [4.78, 5) is 0. The van der Waals surface area contributed by atoms with Crippen LogP contribution in [0.1, 0.15) is 0 Å². The minimum Gasteiger partial charge on any atom is -0.456 e. The molecule has 0 fully saturated rings. The monoisotopic (exact) mass is 228 g/mol. The third kappa shape index (κ3) is 1.53. The van der Waals surface area contributed by atoms with Crippen LogP contribution in [0.15, 0.2) is 47.0 Å². The van der Waals surface area contributed by atoms with Crippen LogP contribution >= 0.6 is 12.2 Å². The lowest BCUT2D eigenvalue weighted by Gasteiger charge is -1.93. The van der Waals surface area contributed by atoms with Crippen LogP contribution in [0.25, 0.3) is 22.3 Å². The van der Waals surface area contributed by atoms with Gasteiger partial charge in [-0.15, -0.1) is 0 Å². The number of H-pyrrole nitrogens is 1. The summed E-state index contributed by atoms with van der Waals surface area (Å²) in [6.45, 7) is 0. The number of fused-ring (bicyclic) bond motifs is 1. The number of aromatic amines is 1. The molecule has 0 aliphatic carbocycles. The number of nitrogens with zero attached hydrogens (tertiary/aromatic N) is 1. The third-order valence-corrected chi connectivity index (χ3v) is 2.58. The zero-order valence-electron chi connectivity index (χ0n) is 8.31. The molecule has 2 heterocycles. The molecule has 0 spiro atoms. The van der Waals surface area contributed by atoms with Gasteiger partial charge in [0.25, 0.3) is 0 Å². The Balaban J connectivity index is 2.23. The van der Waals surface area contributed by atoms with Gasteiger partial charge < -0.3 is 4.42 Å². The van der Waals surface area contributed by atoms with Crippen LogP contribution in [-0.4, -0.2) is 10.2 Å². The maximum atomic E-state index is 5.71. The number of aromatic nitrogens is 2. The molecule has 4 heteroatoms. The largest absolute Gasteiger partial charge is 0.456 e. The van der Waals surface area contributed by atoms with E-state index in [2.05, 4.69) is 10.2 Å². The van der Waals surface area contributed by atoms with Crippen molar-refractivity contribution in [2.75, 3.05) is 0 Å². The van der Waals surface area contributed by atoms with Crippen molar-refractivity contribution in [3.63, 3.8) is 0 Å². The summed E-state index contributed by atoms with van der Waals surface area (Å²) in [6, 6.07) is 11.7. The second kappa shape index (κ2) is 3.57. The molecule has 1 aromatic carbocycles. The van der Waals surface area contributed by atoms with Gasteiger partial charge in [0.2, 0.25) is 0 Å². The summed E-state index contributed by atoms with van der Waals surface area (Å²) in [7, 11) is 0. The van der Waals surface area contributed by atoms with Crippen molar-refractivity contribution >= 4 is 23.2 Å². The summed E-state index contributed by atoms with van der Waals surface area (Å²) >= 11 is 5.02. The van der Waals surface area contributed by atoms with Gasteiger partial charge >= 0.3 is 0 Å². The standard InChI is InChI=1S/C12H8N2OS/c16-12-6-9(7-13-14-12)11-5-8-3-1-2-4-10(8)15-11/h1-7H,(H,14,16). The highest BCUT2D eigenvalue weighted by Gasteiger charge is 2.05. The van der Waals surface area contributed by atoms with E-state index in [4.69, 9.17) is 16.6 Å². The molecule has 0 amide bonds. The molecular weight excluding hydrogens is 220 g/mol. The molecule has 0 saturated carbocycles. The van der Waals surface area contributed by atoms with E-state index in [0.29, 0.717) is 4.64 Å². The van der Waals surface area contributed by atoms with Crippen molar-refractivity contribution < 1.29 is 4.42 Å². The maximum Gasteiger partial charge on any atom is 0.137 e. The van der Waals surface area contributed by atoms with Gasteiger partial charge in [0.05, 0.1) is 6.20 Å². The van der Waals surface area contributed by atoms with E-state index in [1.54, 1.807) is 6.20 Å². The van der Waals surface area contributed by atoms with E-state index < -0.39 is 0 Å². The quantitative estimate of drug-likeness (QED) is 0.647. The molecule has 3 nitrogen and oxygen atoms in total. The Morgan fingerprint density at radius 1 is 1.19 bits per heavy atom. The van der Waals surface area contributed by atoms with Crippen molar-refractivity contribution in [1.82, 2.24) is 10.2 Å². The first-order valence-electron chi connectivity index (χ1n) is 4.86. The molecule has 0 atom stereocenters. The highest BCUT2D eigenvalue weighted by molar-refractivity contribution is 7.71. The van der Waals surface area contributed by atoms with Gasteiger partial charge in [-0.05, 0) is 18.2 Å². The predicted molar refractivity (Wildman–Crippen MR) is 64.6 cm³/mol. The second-order valence-electron chi connectivity index (χ2n) is 3.48. The summed E-state index contributed by atoms with van der Waals surface area (Å²) in [5, 5.41) is 7.72. The summed E-state index contributed by atoms with van der Waals surface area (Å²) in [6.07, 6.45) is 1.70. The first-order valence-corrected chi connectivity index (χ1v) is 5.27. The topological polar surface area (TPSA) is 41.8 Å². The van der Waals surface area contributed by atoms with Gasteiger partial charge in [0.15, 0.2) is 0 Å². The summed E-state index contributed by atoms with van der Waals surface area (Å²) < 4.78 is 6.30. The minimum absolute atomic E-state index is 0.595. The molecule has 2 aromatic heterocycles. The molecule has 0 aliphatic heterocycles. The van der Waals surface area contributed by atoms with E-state index in [1.165, 1.54) is 0 Å². The molecule has 0 saturated heterocycles. The van der Waals surface area contributed by atoms with Gasteiger partial charge in [-0.3, -0.25) is 5.10 Å². The lowest BCUT2D eigenvalue weighted by molar-refractivity contribution is 0.630. The maximum absolute atomic E-state index is 5.71. The zero-order valence-corrected chi connectivity index (χ0v) is 9.12. The zero-order chi connectivity index (χ0) is 11.0. The first kappa shape index (κ1) is 9.30. The molecular formula is C12H8N2OS. The highest BCUT2D eigenvalue weighted by atomic mass is 32.1. The first-order chi connectivity index (χ1) is 7.83. The van der Waals surface area contributed by atoms with Crippen LogP contribution in [0.3, 0.4) is 0 Å². The Morgan fingerprint density at radius 2 is 2.06 bits per heavy atom. The number of nitrogens with one attached hydrogen (secondary N) is 1. The third-order valence-electron chi connectivity index (χ3n) is 2.38. The van der Waals surface area contributed by atoms with E-state index >= 15 is 0 Å². The van der Waals surface area contributed by atoms with Crippen molar-refractivity contribution in [2.45, 2.75) is 0 Å². The Kier molecular flexibility index (Phi) is 2.08. The molecule has 1 N–H and O–H groups in total. The number of benzene rings is 1.